The van der Waals surface area contributed by atoms with Crippen LogP contribution in [0.25, 0.3) is 0 Å². The Bertz CT molecular complexity index is 275. The Morgan fingerprint density at radius 2 is 1.71 bits per heavy atom. The van der Waals surface area contributed by atoms with Crippen molar-refractivity contribution in [2.75, 3.05) is 6.54 Å². The van der Waals surface area contributed by atoms with Crippen molar-refractivity contribution in [3.63, 3.8) is 0 Å². The van der Waals surface area contributed by atoms with E-state index in [-0.39, 0.29) is 23.7 Å². The number of nitrogens with one attached hydrogen (secondary N) is 1. The number of hydrogen-bond acceptors (Lipinski definition) is 4. The summed E-state index contributed by atoms with van der Waals surface area (Å²) in [7, 11) is 0. The number of rotatable bonds is 2. The summed E-state index contributed by atoms with van der Waals surface area (Å²) >= 11 is 0. The first-order valence-electron chi connectivity index (χ1n) is 6.22. The summed E-state index contributed by atoms with van der Waals surface area (Å²) in [6, 6.07) is -0.339. The molecule has 0 amide bonds. The normalized spacial score (nSPS) is 26.0. The zero-order valence-corrected chi connectivity index (χ0v) is 11.8. The molecule has 0 unspecified atom stereocenters. The maximum Gasteiger partial charge on any atom is 0.326 e. The predicted octanol–water partition coefficient (Wildman–Crippen LogP) is 1.87. The Balaban J connectivity index is 2.60. The fourth-order valence-corrected chi connectivity index (χ4v) is 1.86. The fourth-order valence-electron chi connectivity index (χ4n) is 1.86. The van der Waals surface area contributed by atoms with Crippen LogP contribution in [0.2, 0.25) is 0 Å². The number of hydrogen-bond donors (Lipinski definition) is 1. The van der Waals surface area contributed by atoms with Crippen LogP contribution in [0.5, 0.6) is 0 Å². The summed E-state index contributed by atoms with van der Waals surface area (Å²) in [5.74, 6) is -0.218. The molecule has 0 aromatic rings. The van der Waals surface area contributed by atoms with E-state index in [1.54, 1.807) is 0 Å². The number of carbonyl (C=O) groups excluding carboxylic acids is 1. The SMILES string of the molecule is CC(C)(C)OC(=O)[C@H]1NCC[C@H]1OC(C)(C)C. The van der Waals surface area contributed by atoms with Crippen LogP contribution in [0.1, 0.15) is 48.0 Å². The second-order valence-electron chi connectivity index (χ2n) is 6.52. The minimum Gasteiger partial charge on any atom is -0.459 e. The Hall–Kier alpha value is -0.610. The lowest BCUT2D eigenvalue weighted by Gasteiger charge is -2.29. The molecule has 0 spiro atoms. The molecule has 0 saturated carbocycles. The molecule has 4 heteroatoms. The minimum absolute atomic E-state index is 0.0927. The third-order valence-electron chi connectivity index (χ3n) is 2.33. The van der Waals surface area contributed by atoms with Crippen LogP contribution in [0.3, 0.4) is 0 Å². The lowest BCUT2D eigenvalue weighted by atomic mass is 10.1. The first-order chi connectivity index (χ1) is 7.58. The van der Waals surface area contributed by atoms with Gasteiger partial charge in [-0.25, -0.2) is 0 Å². The van der Waals surface area contributed by atoms with Gasteiger partial charge in [-0.2, -0.15) is 0 Å². The Morgan fingerprint density at radius 3 is 2.18 bits per heavy atom. The molecule has 1 saturated heterocycles. The van der Waals surface area contributed by atoms with Gasteiger partial charge in [0, 0.05) is 0 Å². The Kier molecular flexibility index (Phi) is 4.20. The van der Waals surface area contributed by atoms with E-state index < -0.39 is 5.60 Å². The molecule has 1 heterocycles. The van der Waals surface area contributed by atoms with Crippen LogP contribution >= 0.6 is 0 Å². The number of carbonyl (C=O) groups is 1. The van der Waals surface area contributed by atoms with Gasteiger partial charge >= 0.3 is 5.97 Å². The Labute approximate surface area is 104 Å². The zero-order valence-electron chi connectivity index (χ0n) is 11.8. The van der Waals surface area contributed by atoms with Crippen molar-refractivity contribution in [1.29, 1.82) is 0 Å². The van der Waals surface area contributed by atoms with E-state index in [0.29, 0.717) is 0 Å². The maximum atomic E-state index is 12.0. The van der Waals surface area contributed by atoms with Gasteiger partial charge < -0.3 is 14.8 Å². The third kappa shape index (κ3) is 5.04. The maximum absolute atomic E-state index is 12.0. The summed E-state index contributed by atoms with van der Waals surface area (Å²) in [5, 5.41) is 3.15. The molecule has 1 aliphatic heterocycles. The van der Waals surface area contributed by atoms with Crippen molar-refractivity contribution >= 4 is 5.97 Å². The van der Waals surface area contributed by atoms with Gasteiger partial charge in [0.2, 0.25) is 0 Å². The van der Waals surface area contributed by atoms with E-state index in [4.69, 9.17) is 9.47 Å². The van der Waals surface area contributed by atoms with Gasteiger partial charge in [-0.05, 0) is 54.5 Å². The molecule has 4 nitrogen and oxygen atoms in total. The first-order valence-corrected chi connectivity index (χ1v) is 6.22. The molecule has 0 aromatic carbocycles. The molecule has 0 aromatic heterocycles. The second kappa shape index (κ2) is 4.94. The average Bonchev–Trinajstić information content (AvgIpc) is 2.45. The minimum atomic E-state index is -0.451. The lowest BCUT2D eigenvalue weighted by molar-refractivity contribution is -0.163. The van der Waals surface area contributed by atoms with Gasteiger partial charge in [0.05, 0.1) is 11.7 Å². The Morgan fingerprint density at radius 1 is 1.12 bits per heavy atom. The fraction of sp³-hybridized carbons (Fsp3) is 0.923. The smallest absolute Gasteiger partial charge is 0.326 e. The summed E-state index contributed by atoms with van der Waals surface area (Å²) in [6.07, 6.45) is 0.756. The molecule has 1 fully saturated rings. The van der Waals surface area contributed by atoms with Crippen molar-refractivity contribution in [3.05, 3.63) is 0 Å². The van der Waals surface area contributed by atoms with Crippen molar-refractivity contribution < 1.29 is 14.3 Å². The van der Waals surface area contributed by atoms with Gasteiger partial charge in [-0.15, -0.1) is 0 Å². The highest BCUT2D eigenvalue weighted by molar-refractivity contribution is 5.77. The molecule has 100 valence electrons. The van der Waals surface area contributed by atoms with Crippen LogP contribution in [0, 0.1) is 0 Å². The lowest BCUT2D eigenvalue weighted by Crippen LogP contribution is -2.45. The van der Waals surface area contributed by atoms with Gasteiger partial charge in [-0.3, -0.25) is 4.79 Å². The summed E-state index contributed by atoms with van der Waals surface area (Å²) in [4.78, 5) is 12.0. The topological polar surface area (TPSA) is 47.6 Å². The van der Waals surface area contributed by atoms with E-state index >= 15 is 0 Å². The van der Waals surface area contributed by atoms with Gasteiger partial charge in [0.1, 0.15) is 11.6 Å². The quantitative estimate of drug-likeness (QED) is 0.752. The molecule has 1 rings (SSSR count). The van der Waals surface area contributed by atoms with Crippen LogP contribution in [0.15, 0.2) is 0 Å². The zero-order chi connectivity index (χ0) is 13.3. The first kappa shape index (κ1) is 14.5. The molecule has 2 atom stereocenters. The van der Waals surface area contributed by atoms with E-state index in [0.717, 1.165) is 13.0 Å². The largest absolute Gasteiger partial charge is 0.459 e. The molecule has 17 heavy (non-hydrogen) atoms. The van der Waals surface area contributed by atoms with Crippen molar-refractivity contribution in [2.24, 2.45) is 0 Å². The van der Waals surface area contributed by atoms with Gasteiger partial charge in [0.25, 0.3) is 0 Å². The molecular weight excluding hydrogens is 218 g/mol. The molecule has 1 aliphatic rings. The van der Waals surface area contributed by atoms with E-state index in [2.05, 4.69) is 5.32 Å². The highest BCUT2D eigenvalue weighted by atomic mass is 16.6. The molecular formula is C13H25NO3. The second-order valence-corrected chi connectivity index (χ2v) is 6.52. The van der Waals surface area contributed by atoms with E-state index in [1.807, 2.05) is 41.5 Å². The van der Waals surface area contributed by atoms with Gasteiger partial charge in [-0.1, -0.05) is 0 Å². The molecule has 0 aliphatic carbocycles. The molecule has 1 N–H and O–H groups in total. The number of esters is 1. The third-order valence-corrected chi connectivity index (χ3v) is 2.33. The van der Waals surface area contributed by atoms with Crippen molar-refractivity contribution in [1.82, 2.24) is 5.32 Å². The van der Waals surface area contributed by atoms with Crippen molar-refractivity contribution in [3.8, 4) is 0 Å². The van der Waals surface area contributed by atoms with E-state index in [9.17, 15) is 4.79 Å². The number of ether oxygens (including phenoxy) is 2. The monoisotopic (exact) mass is 243 g/mol. The molecule has 0 radical (unpaired) electrons. The van der Waals surface area contributed by atoms with Crippen LogP contribution in [-0.2, 0) is 14.3 Å². The highest BCUT2D eigenvalue weighted by Gasteiger charge is 2.38. The highest BCUT2D eigenvalue weighted by Crippen LogP contribution is 2.21. The van der Waals surface area contributed by atoms with Crippen LogP contribution < -0.4 is 5.32 Å². The predicted molar refractivity (Wildman–Crippen MR) is 66.9 cm³/mol. The standard InChI is InChI=1S/C13H25NO3/c1-12(2,3)16-9-7-8-14-10(9)11(15)17-13(4,5)6/h9-10,14H,7-8H2,1-6H3/t9-,10+/m1/s1. The molecule has 0 bridgehead atoms. The van der Waals surface area contributed by atoms with Crippen LogP contribution in [-0.4, -0.2) is 35.9 Å². The summed E-state index contributed by atoms with van der Waals surface area (Å²) in [5.41, 5.74) is -0.690. The van der Waals surface area contributed by atoms with E-state index in [1.165, 1.54) is 0 Å². The summed E-state index contributed by atoms with van der Waals surface area (Å²) < 4.78 is 11.3. The summed E-state index contributed by atoms with van der Waals surface area (Å²) in [6.45, 7) is 12.4. The van der Waals surface area contributed by atoms with Crippen molar-refractivity contribution in [2.45, 2.75) is 71.3 Å². The van der Waals surface area contributed by atoms with Crippen LogP contribution in [0.4, 0.5) is 0 Å². The average molecular weight is 243 g/mol. The van der Waals surface area contributed by atoms with Gasteiger partial charge in [0.15, 0.2) is 0 Å².